The SMILES string of the molecule is CCCc1nc2ccccc2n1CCC(N)=S. The Kier molecular flexibility index (Phi) is 3.74. The number of rotatable bonds is 5. The Morgan fingerprint density at radius 3 is 2.88 bits per heavy atom. The van der Waals surface area contributed by atoms with E-state index in [0.29, 0.717) is 4.99 Å². The third-order valence-electron chi connectivity index (χ3n) is 2.79. The van der Waals surface area contributed by atoms with E-state index in [2.05, 4.69) is 22.5 Å². The molecule has 90 valence electrons. The number of thiocarbonyl (C=S) groups is 1. The molecule has 2 rings (SSSR count). The summed E-state index contributed by atoms with van der Waals surface area (Å²) in [6.45, 7) is 2.99. The summed E-state index contributed by atoms with van der Waals surface area (Å²) in [4.78, 5) is 5.22. The number of fused-ring (bicyclic) bond motifs is 1. The number of hydrogen-bond donors (Lipinski definition) is 1. The van der Waals surface area contributed by atoms with Crippen LogP contribution >= 0.6 is 12.2 Å². The van der Waals surface area contributed by atoms with E-state index in [9.17, 15) is 0 Å². The van der Waals surface area contributed by atoms with Crippen LogP contribution in [0.2, 0.25) is 0 Å². The predicted octanol–water partition coefficient (Wildman–Crippen LogP) is 2.67. The zero-order valence-corrected chi connectivity index (χ0v) is 10.8. The maximum Gasteiger partial charge on any atom is 0.109 e. The Hall–Kier alpha value is -1.42. The third-order valence-corrected chi connectivity index (χ3v) is 2.99. The first-order chi connectivity index (χ1) is 8.22. The lowest BCUT2D eigenvalue weighted by Crippen LogP contribution is -2.13. The number of imidazole rings is 1. The van der Waals surface area contributed by atoms with Gasteiger partial charge < -0.3 is 10.3 Å². The highest BCUT2D eigenvalue weighted by Crippen LogP contribution is 2.17. The van der Waals surface area contributed by atoms with E-state index >= 15 is 0 Å². The molecule has 0 fully saturated rings. The zero-order chi connectivity index (χ0) is 12.3. The number of aryl methyl sites for hydroxylation is 2. The zero-order valence-electron chi connectivity index (χ0n) is 10.0. The summed E-state index contributed by atoms with van der Waals surface area (Å²) in [5.74, 6) is 1.13. The predicted molar refractivity (Wildman–Crippen MR) is 75.1 cm³/mol. The average Bonchev–Trinajstić information content (AvgIpc) is 2.64. The van der Waals surface area contributed by atoms with E-state index in [-0.39, 0.29) is 0 Å². The number of hydrogen-bond acceptors (Lipinski definition) is 2. The minimum Gasteiger partial charge on any atom is -0.393 e. The van der Waals surface area contributed by atoms with E-state index in [0.717, 1.165) is 37.1 Å². The van der Waals surface area contributed by atoms with Crippen LogP contribution < -0.4 is 5.73 Å². The van der Waals surface area contributed by atoms with Gasteiger partial charge in [0.05, 0.1) is 16.0 Å². The molecule has 1 aromatic carbocycles. The van der Waals surface area contributed by atoms with Crippen LogP contribution in [0.25, 0.3) is 11.0 Å². The Morgan fingerprint density at radius 2 is 2.18 bits per heavy atom. The molecule has 0 aliphatic heterocycles. The number of aromatic nitrogens is 2. The summed E-state index contributed by atoms with van der Waals surface area (Å²) in [6, 6.07) is 8.20. The molecule has 0 aliphatic rings. The monoisotopic (exact) mass is 247 g/mol. The molecule has 3 nitrogen and oxygen atoms in total. The summed E-state index contributed by atoms with van der Waals surface area (Å²) in [7, 11) is 0. The Balaban J connectivity index is 2.40. The summed E-state index contributed by atoms with van der Waals surface area (Å²) in [5, 5.41) is 0. The van der Waals surface area contributed by atoms with Crippen molar-refractivity contribution in [3.05, 3.63) is 30.1 Å². The van der Waals surface area contributed by atoms with E-state index in [1.54, 1.807) is 0 Å². The minimum absolute atomic E-state index is 0.560. The molecule has 1 heterocycles. The maximum absolute atomic E-state index is 5.57. The van der Waals surface area contributed by atoms with Crippen molar-refractivity contribution in [1.29, 1.82) is 0 Å². The first-order valence-corrected chi connectivity index (χ1v) is 6.35. The number of benzene rings is 1. The van der Waals surface area contributed by atoms with Gasteiger partial charge in [-0.05, 0) is 18.6 Å². The van der Waals surface area contributed by atoms with Gasteiger partial charge in [0.2, 0.25) is 0 Å². The molecule has 0 bridgehead atoms. The molecular formula is C13H17N3S. The van der Waals surface area contributed by atoms with Crippen molar-refractivity contribution in [3.8, 4) is 0 Å². The second-order valence-corrected chi connectivity index (χ2v) is 4.66. The van der Waals surface area contributed by atoms with Gasteiger partial charge in [0.15, 0.2) is 0 Å². The molecule has 0 saturated heterocycles. The second-order valence-electron chi connectivity index (χ2n) is 4.13. The fraction of sp³-hybridized carbons (Fsp3) is 0.385. The molecule has 0 radical (unpaired) electrons. The molecule has 0 saturated carbocycles. The lowest BCUT2D eigenvalue weighted by molar-refractivity contribution is 0.678. The molecule has 0 spiro atoms. The topological polar surface area (TPSA) is 43.8 Å². The van der Waals surface area contributed by atoms with Gasteiger partial charge in [0.25, 0.3) is 0 Å². The quantitative estimate of drug-likeness (QED) is 0.826. The van der Waals surface area contributed by atoms with E-state index in [4.69, 9.17) is 18.0 Å². The van der Waals surface area contributed by atoms with Crippen LogP contribution in [0.3, 0.4) is 0 Å². The van der Waals surface area contributed by atoms with Gasteiger partial charge in [-0.1, -0.05) is 31.3 Å². The van der Waals surface area contributed by atoms with Crippen LogP contribution in [-0.2, 0) is 13.0 Å². The van der Waals surface area contributed by atoms with Crippen LogP contribution in [0.15, 0.2) is 24.3 Å². The van der Waals surface area contributed by atoms with Gasteiger partial charge in [-0.3, -0.25) is 0 Å². The van der Waals surface area contributed by atoms with Crippen molar-refractivity contribution in [1.82, 2.24) is 9.55 Å². The number of para-hydroxylation sites is 2. The summed E-state index contributed by atoms with van der Waals surface area (Å²) in [6.07, 6.45) is 2.81. The van der Waals surface area contributed by atoms with Gasteiger partial charge in [0.1, 0.15) is 5.82 Å². The van der Waals surface area contributed by atoms with Crippen LogP contribution in [0.1, 0.15) is 25.6 Å². The van der Waals surface area contributed by atoms with Gasteiger partial charge in [-0.15, -0.1) is 0 Å². The maximum atomic E-state index is 5.57. The van der Waals surface area contributed by atoms with Crippen molar-refractivity contribution < 1.29 is 0 Å². The van der Waals surface area contributed by atoms with Gasteiger partial charge in [-0.2, -0.15) is 0 Å². The molecule has 0 atom stereocenters. The van der Waals surface area contributed by atoms with Crippen LogP contribution in [-0.4, -0.2) is 14.5 Å². The van der Waals surface area contributed by atoms with Crippen molar-refractivity contribution in [2.45, 2.75) is 32.7 Å². The normalized spacial score (nSPS) is 10.9. The van der Waals surface area contributed by atoms with Gasteiger partial charge in [0, 0.05) is 19.4 Å². The highest BCUT2D eigenvalue weighted by molar-refractivity contribution is 7.80. The van der Waals surface area contributed by atoms with Crippen molar-refractivity contribution in [3.63, 3.8) is 0 Å². The van der Waals surface area contributed by atoms with Crippen LogP contribution in [0, 0.1) is 0 Å². The Bertz CT molecular complexity index is 530. The molecule has 17 heavy (non-hydrogen) atoms. The molecule has 0 unspecified atom stereocenters. The third kappa shape index (κ3) is 2.64. The first kappa shape index (κ1) is 12.0. The molecule has 1 aromatic heterocycles. The molecule has 4 heteroatoms. The smallest absolute Gasteiger partial charge is 0.109 e. The van der Waals surface area contributed by atoms with E-state index in [1.165, 1.54) is 5.52 Å². The minimum atomic E-state index is 0.560. The highest BCUT2D eigenvalue weighted by Gasteiger charge is 2.09. The van der Waals surface area contributed by atoms with Crippen LogP contribution in [0.5, 0.6) is 0 Å². The fourth-order valence-corrected chi connectivity index (χ4v) is 2.10. The first-order valence-electron chi connectivity index (χ1n) is 5.95. The van der Waals surface area contributed by atoms with Crippen molar-refractivity contribution in [2.75, 3.05) is 0 Å². The lowest BCUT2D eigenvalue weighted by atomic mass is 10.3. The van der Waals surface area contributed by atoms with Crippen LogP contribution in [0.4, 0.5) is 0 Å². The lowest BCUT2D eigenvalue weighted by Gasteiger charge is -2.07. The average molecular weight is 247 g/mol. The van der Waals surface area contributed by atoms with Gasteiger partial charge >= 0.3 is 0 Å². The van der Waals surface area contributed by atoms with Gasteiger partial charge in [-0.25, -0.2) is 4.98 Å². The molecule has 2 aromatic rings. The largest absolute Gasteiger partial charge is 0.393 e. The van der Waals surface area contributed by atoms with Crippen molar-refractivity contribution in [2.24, 2.45) is 5.73 Å². The van der Waals surface area contributed by atoms with E-state index < -0.39 is 0 Å². The summed E-state index contributed by atoms with van der Waals surface area (Å²) in [5.41, 5.74) is 7.80. The Morgan fingerprint density at radius 1 is 1.41 bits per heavy atom. The molecule has 2 N–H and O–H groups in total. The second kappa shape index (κ2) is 5.27. The number of nitrogens with zero attached hydrogens (tertiary/aromatic N) is 2. The fourth-order valence-electron chi connectivity index (χ4n) is 2.01. The summed E-state index contributed by atoms with van der Waals surface area (Å²) >= 11 is 4.94. The molecular weight excluding hydrogens is 230 g/mol. The molecule has 0 aliphatic carbocycles. The number of nitrogens with two attached hydrogens (primary N) is 1. The standard InChI is InChI=1S/C13H17N3S/c1-2-5-13-15-10-6-3-4-7-11(10)16(13)9-8-12(14)17/h3-4,6-7H,2,5,8-9H2,1H3,(H2,14,17). The van der Waals surface area contributed by atoms with Crippen molar-refractivity contribution >= 4 is 28.2 Å². The van der Waals surface area contributed by atoms with E-state index in [1.807, 2.05) is 18.2 Å². The Labute approximate surface area is 107 Å². The highest BCUT2D eigenvalue weighted by atomic mass is 32.1. The summed E-state index contributed by atoms with van der Waals surface area (Å²) < 4.78 is 2.23. The molecule has 0 amide bonds.